The van der Waals surface area contributed by atoms with Crippen LogP contribution in [0.15, 0.2) is 29.3 Å². The molecule has 0 aromatic heterocycles. The Morgan fingerprint density at radius 2 is 1.90 bits per heavy atom. The fraction of sp³-hybridized carbons (Fsp3) is 0.478. The first-order valence-corrected chi connectivity index (χ1v) is 9.91. The Balaban J connectivity index is 2.24. The van der Waals surface area contributed by atoms with Crippen molar-refractivity contribution in [2.45, 2.75) is 32.3 Å². The van der Waals surface area contributed by atoms with E-state index in [9.17, 15) is 15.8 Å². The molecule has 1 aliphatic carbocycles. The molecule has 154 valence electrons. The molecule has 1 aromatic carbocycles. The van der Waals surface area contributed by atoms with Gasteiger partial charge in [-0.1, -0.05) is 6.07 Å². The smallest absolute Gasteiger partial charge is 0.193 e. The molecule has 0 bridgehead atoms. The van der Waals surface area contributed by atoms with Crippen LogP contribution >= 0.6 is 0 Å². The summed E-state index contributed by atoms with van der Waals surface area (Å²) >= 11 is 0. The van der Waals surface area contributed by atoms with Gasteiger partial charge in [0.25, 0.3) is 0 Å². The van der Waals surface area contributed by atoms with Gasteiger partial charge in [-0.2, -0.15) is 15.8 Å². The summed E-state index contributed by atoms with van der Waals surface area (Å²) in [4.78, 5) is 2.14. The molecule has 1 aliphatic heterocycles. The number of fused-ring (bicyclic) bond motifs is 1. The number of nitrogens with zero attached hydrogens (tertiary/aromatic N) is 4. The van der Waals surface area contributed by atoms with Crippen LogP contribution in [0.4, 0.5) is 0 Å². The fourth-order valence-corrected chi connectivity index (χ4v) is 4.58. The van der Waals surface area contributed by atoms with Crippen LogP contribution in [0.3, 0.4) is 0 Å². The molecule has 7 nitrogen and oxygen atoms in total. The Labute approximate surface area is 177 Å². The van der Waals surface area contributed by atoms with Crippen LogP contribution in [0.5, 0.6) is 11.5 Å². The first-order valence-electron chi connectivity index (χ1n) is 9.91. The van der Waals surface area contributed by atoms with Crippen molar-refractivity contribution >= 4 is 5.71 Å². The molecule has 0 radical (unpaired) electrons. The van der Waals surface area contributed by atoms with E-state index < -0.39 is 11.3 Å². The van der Waals surface area contributed by atoms with Crippen molar-refractivity contribution in [2.75, 3.05) is 27.2 Å². The molecule has 2 aliphatic rings. The Bertz CT molecular complexity index is 1010. The van der Waals surface area contributed by atoms with Gasteiger partial charge in [0.2, 0.25) is 0 Å². The molecular weight excluding hydrogens is 378 g/mol. The number of piperidine rings is 1. The summed E-state index contributed by atoms with van der Waals surface area (Å²) in [6.45, 7) is 5.22. The van der Waals surface area contributed by atoms with Crippen molar-refractivity contribution in [3.05, 3.63) is 34.9 Å². The maximum atomic E-state index is 10.1. The molecule has 1 aromatic rings. The Morgan fingerprint density at radius 3 is 2.47 bits per heavy atom. The first kappa shape index (κ1) is 21.4. The second-order valence-electron chi connectivity index (χ2n) is 8.09. The highest BCUT2D eigenvalue weighted by Gasteiger charge is 2.55. The summed E-state index contributed by atoms with van der Waals surface area (Å²) in [6, 6.07) is 11.7. The van der Waals surface area contributed by atoms with Crippen molar-refractivity contribution < 1.29 is 9.47 Å². The zero-order chi connectivity index (χ0) is 22.1. The van der Waals surface area contributed by atoms with Crippen LogP contribution in [0, 0.1) is 50.7 Å². The average Bonchev–Trinajstić information content (AvgIpc) is 2.73. The zero-order valence-electron chi connectivity index (χ0n) is 17.7. The second-order valence-corrected chi connectivity index (χ2v) is 8.09. The predicted octanol–water partition coefficient (Wildman–Crippen LogP) is 3.40. The maximum absolute atomic E-state index is 10.1. The number of hydrogen-bond acceptors (Lipinski definition) is 7. The van der Waals surface area contributed by atoms with Gasteiger partial charge in [0.1, 0.15) is 6.07 Å². The third kappa shape index (κ3) is 3.30. The molecule has 1 fully saturated rings. The lowest BCUT2D eigenvalue weighted by Gasteiger charge is -2.46. The van der Waals surface area contributed by atoms with E-state index in [1.807, 2.05) is 27.0 Å². The summed E-state index contributed by atoms with van der Waals surface area (Å²) in [5.74, 6) is 0.291. The lowest BCUT2D eigenvalue weighted by molar-refractivity contribution is 0.212. The highest BCUT2D eigenvalue weighted by molar-refractivity contribution is 6.11. The minimum Gasteiger partial charge on any atom is -0.493 e. The lowest BCUT2D eigenvalue weighted by Crippen LogP contribution is -2.49. The van der Waals surface area contributed by atoms with Gasteiger partial charge in [-0.3, -0.25) is 0 Å². The SMILES string of the molecule is COc1cc(C2C3CN(C)CCC3=C(C#N)C(=N)C2(C#N)C#N)ccc1OC(C)C. The highest BCUT2D eigenvalue weighted by Crippen LogP contribution is 2.53. The predicted molar refractivity (Wildman–Crippen MR) is 111 cm³/mol. The maximum Gasteiger partial charge on any atom is 0.193 e. The largest absolute Gasteiger partial charge is 0.493 e. The zero-order valence-corrected chi connectivity index (χ0v) is 17.7. The number of ether oxygens (including phenoxy) is 2. The molecule has 0 spiro atoms. The topological polar surface area (TPSA) is 117 Å². The molecule has 3 rings (SSSR count). The van der Waals surface area contributed by atoms with Crippen molar-refractivity contribution in [3.8, 4) is 29.7 Å². The summed E-state index contributed by atoms with van der Waals surface area (Å²) in [5.41, 5.74) is -0.154. The van der Waals surface area contributed by atoms with Gasteiger partial charge in [-0.05, 0) is 50.6 Å². The van der Waals surface area contributed by atoms with E-state index >= 15 is 0 Å². The van der Waals surface area contributed by atoms with Gasteiger partial charge < -0.3 is 19.8 Å². The highest BCUT2D eigenvalue weighted by atomic mass is 16.5. The molecule has 2 atom stereocenters. The van der Waals surface area contributed by atoms with E-state index in [4.69, 9.17) is 14.9 Å². The van der Waals surface area contributed by atoms with Gasteiger partial charge in [-0.25, -0.2) is 0 Å². The Hall–Kier alpha value is -3.34. The first-order chi connectivity index (χ1) is 14.3. The summed E-state index contributed by atoms with van der Waals surface area (Å²) in [5, 5.41) is 38.6. The van der Waals surface area contributed by atoms with E-state index in [0.29, 0.717) is 24.5 Å². The standard InChI is InChI=1S/C23H25N5O2/c1-14(2)30-19-6-5-15(9-20(19)29-4)21-18-11-28(3)8-7-16(18)17(10-24)22(27)23(21,12-25)13-26/h5-6,9,14,18,21,27H,7-8,11H2,1-4H3. The molecule has 1 N–H and O–H groups in total. The van der Waals surface area contributed by atoms with Gasteiger partial charge in [0.15, 0.2) is 16.9 Å². The van der Waals surface area contributed by atoms with Crippen molar-refractivity contribution in [2.24, 2.45) is 11.3 Å². The number of methoxy groups -OCH3 is 1. The average molecular weight is 403 g/mol. The second kappa shape index (κ2) is 8.19. The van der Waals surface area contributed by atoms with Crippen LogP contribution in [0.1, 0.15) is 31.7 Å². The number of nitrogens with one attached hydrogen (secondary N) is 1. The number of nitriles is 3. The summed E-state index contributed by atoms with van der Waals surface area (Å²) in [6.07, 6.45) is 0.603. The van der Waals surface area contributed by atoms with Gasteiger partial charge >= 0.3 is 0 Å². The van der Waals surface area contributed by atoms with Gasteiger partial charge in [0, 0.05) is 24.9 Å². The van der Waals surface area contributed by atoms with E-state index in [2.05, 4.69) is 23.1 Å². The number of allylic oxidation sites excluding steroid dienone is 1. The van der Waals surface area contributed by atoms with E-state index in [1.165, 1.54) is 0 Å². The lowest BCUT2D eigenvalue weighted by atomic mass is 9.56. The van der Waals surface area contributed by atoms with Crippen LogP contribution in [0.25, 0.3) is 0 Å². The number of rotatable bonds is 4. The number of hydrogen-bond donors (Lipinski definition) is 1. The van der Waals surface area contributed by atoms with Crippen LogP contribution < -0.4 is 9.47 Å². The molecule has 0 amide bonds. The third-order valence-corrected chi connectivity index (χ3v) is 5.93. The molecule has 2 unspecified atom stereocenters. The molecule has 30 heavy (non-hydrogen) atoms. The van der Waals surface area contributed by atoms with Crippen LogP contribution in [-0.2, 0) is 0 Å². The molecule has 7 heteroatoms. The fourth-order valence-electron chi connectivity index (χ4n) is 4.58. The Kier molecular flexibility index (Phi) is 5.83. The quantitative estimate of drug-likeness (QED) is 0.823. The number of likely N-dealkylation sites (tertiary alicyclic amines) is 1. The number of benzene rings is 1. The third-order valence-electron chi connectivity index (χ3n) is 5.93. The van der Waals surface area contributed by atoms with Gasteiger partial charge in [0.05, 0.1) is 36.6 Å². The van der Waals surface area contributed by atoms with E-state index in [1.54, 1.807) is 19.2 Å². The molecular formula is C23H25N5O2. The minimum absolute atomic E-state index is 0.0374. The normalized spacial score (nSPS) is 23.2. The summed E-state index contributed by atoms with van der Waals surface area (Å²) in [7, 11) is 3.53. The van der Waals surface area contributed by atoms with Crippen molar-refractivity contribution in [1.82, 2.24) is 4.90 Å². The van der Waals surface area contributed by atoms with Crippen LogP contribution in [-0.4, -0.2) is 44.0 Å². The minimum atomic E-state index is -1.75. The molecule has 1 heterocycles. The van der Waals surface area contributed by atoms with Gasteiger partial charge in [-0.15, -0.1) is 0 Å². The van der Waals surface area contributed by atoms with E-state index in [-0.39, 0.29) is 23.3 Å². The molecule has 0 saturated carbocycles. The van der Waals surface area contributed by atoms with Crippen LogP contribution in [0.2, 0.25) is 0 Å². The van der Waals surface area contributed by atoms with Crippen molar-refractivity contribution in [3.63, 3.8) is 0 Å². The summed E-state index contributed by atoms with van der Waals surface area (Å²) < 4.78 is 11.3. The Morgan fingerprint density at radius 1 is 1.20 bits per heavy atom. The monoisotopic (exact) mass is 403 g/mol. The van der Waals surface area contributed by atoms with Crippen molar-refractivity contribution in [1.29, 1.82) is 21.2 Å². The van der Waals surface area contributed by atoms with E-state index in [0.717, 1.165) is 17.7 Å². The molecule has 1 saturated heterocycles.